The third-order valence-electron chi connectivity index (χ3n) is 3.92. The Balaban J connectivity index is 1.72. The van der Waals surface area contributed by atoms with E-state index >= 15 is 0 Å². The van der Waals surface area contributed by atoms with E-state index in [0.29, 0.717) is 10.8 Å². The number of amides is 1. The SMILES string of the molecule is C[C@@H](Oc1ccc(-c2ccccc2)cc1Cl)C(=O)Nc1c(F)cccc1F. The maximum Gasteiger partial charge on any atom is 0.265 e. The van der Waals surface area contributed by atoms with Crippen LogP contribution in [-0.2, 0) is 4.79 Å². The second-order valence-electron chi connectivity index (χ2n) is 5.86. The van der Waals surface area contributed by atoms with Gasteiger partial charge >= 0.3 is 0 Å². The molecule has 0 aromatic heterocycles. The molecule has 27 heavy (non-hydrogen) atoms. The van der Waals surface area contributed by atoms with Crippen molar-refractivity contribution in [3.63, 3.8) is 0 Å². The molecule has 0 aliphatic carbocycles. The lowest BCUT2D eigenvalue weighted by atomic mass is 10.1. The summed E-state index contributed by atoms with van der Waals surface area (Å²) in [6.07, 6.45) is -1.01. The number of halogens is 3. The summed E-state index contributed by atoms with van der Waals surface area (Å²) >= 11 is 6.26. The van der Waals surface area contributed by atoms with Gasteiger partial charge in [0.25, 0.3) is 5.91 Å². The molecular weight excluding hydrogens is 372 g/mol. The quantitative estimate of drug-likeness (QED) is 0.610. The molecular formula is C21H16ClF2NO2. The van der Waals surface area contributed by atoms with Gasteiger partial charge in [0.05, 0.1) is 5.02 Å². The molecule has 3 aromatic rings. The Labute approximate surface area is 160 Å². The highest BCUT2D eigenvalue weighted by Gasteiger charge is 2.19. The summed E-state index contributed by atoms with van der Waals surface area (Å²) in [5.41, 5.74) is 1.38. The third-order valence-corrected chi connectivity index (χ3v) is 4.22. The number of hydrogen-bond donors (Lipinski definition) is 1. The van der Waals surface area contributed by atoms with E-state index in [1.807, 2.05) is 36.4 Å². The maximum atomic E-state index is 13.7. The molecule has 0 bridgehead atoms. The number of carbonyl (C=O) groups excluding carboxylic acids is 1. The fourth-order valence-electron chi connectivity index (χ4n) is 2.49. The van der Waals surface area contributed by atoms with Crippen molar-refractivity contribution in [3.8, 4) is 16.9 Å². The van der Waals surface area contributed by atoms with Crippen molar-refractivity contribution in [2.24, 2.45) is 0 Å². The van der Waals surface area contributed by atoms with Crippen LogP contribution in [0.3, 0.4) is 0 Å². The van der Waals surface area contributed by atoms with Crippen LogP contribution in [0.5, 0.6) is 5.75 Å². The number of nitrogens with one attached hydrogen (secondary N) is 1. The van der Waals surface area contributed by atoms with Gasteiger partial charge in [-0.1, -0.05) is 54.1 Å². The topological polar surface area (TPSA) is 38.3 Å². The van der Waals surface area contributed by atoms with E-state index in [4.69, 9.17) is 16.3 Å². The molecule has 1 amide bonds. The summed E-state index contributed by atoms with van der Waals surface area (Å²) in [7, 11) is 0. The van der Waals surface area contributed by atoms with Gasteiger partial charge < -0.3 is 10.1 Å². The standard InChI is InChI=1S/C21H16ClF2NO2/c1-13(21(26)25-20-17(23)8-5-9-18(20)24)27-19-11-10-15(12-16(19)22)14-6-3-2-4-7-14/h2-13H,1H3,(H,25,26)/t13-/m1/s1. The lowest BCUT2D eigenvalue weighted by Crippen LogP contribution is -2.31. The highest BCUT2D eigenvalue weighted by atomic mass is 35.5. The number of hydrogen-bond acceptors (Lipinski definition) is 2. The van der Waals surface area contributed by atoms with Gasteiger partial charge in [-0.15, -0.1) is 0 Å². The number of ether oxygens (including phenoxy) is 1. The van der Waals surface area contributed by atoms with E-state index in [9.17, 15) is 13.6 Å². The minimum atomic E-state index is -1.01. The van der Waals surface area contributed by atoms with Crippen LogP contribution in [-0.4, -0.2) is 12.0 Å². The predicted molar refractivity (Wildman–Crippen MR) is 102 cm³/mol. The van der Waals surface area contributed by atoms with Crippen molar-refractivity contribution >= 4 is 23.2 Å². The van der Waals surface area contributed by atoms with Gasteiger partial charge in [0.15, 0.2) is 6.10 Å². The van der Waals surface area contributed by atoms with Crippen molar-refractivity contribution < 1.29 is 18.3 Å². The lowest BCUT2D eigenvalue weighted by Gasteiger charge is -2.16. The molecule has 0 aliphatic heterocycles. The monoisotopic (exact) mass is 387 g/mol. The van der Waals surface area contributed by atoms with Crippen molar-refractivity contribution in [2.45, 2.75) is 13.0 Å². The van der Waals surface area contributed by atoms with Crippen molar-refractivity contribution in [1.29, 1.82) is 0 Å². The summed E-state index contributed by atoms with van der Waals surface area (Å²) < 4.78 is 32.9. The molecule has 0 radical (unpaired) electrons. The first-order chi connectivity index (χ1) is 13.0. The molecule has 0 heterocycles. The second-order valence-corrected chi connectivity index (χ2v) is 6.26. The van der Waals surface area contributed by atoms with Gasteiger partial charge in [0.1, 0.15) is 23.1 Å². The number of benzene rings is 3. The van der Waals surface area contributed by atoms with E-state index in [1.54, 1.807) is 12.1 Å². The van der Waals surface area contributed by atoms with E-state index in [1.165, 1.54) is 13.0 Å². The predicted octanol–water partition coefficient (Wildman–Crippen LogP) is 5.69. The minimum absolute atomic E-state index is 0.299. The van der Waals surface area contributed by atoms with E-state index < -0.39 is 29.3 Å². The van der Waals surface area contributed by atoms with Gasteiger partial charge in [-0.3, -0.25) is 4.79 Å². The molecule has 3 nitrogen and oxygen atoms in total. The highest BCUT2D eigenvalue weighted by Crippen LogP contribution is 2.31. The Kier molecular flexibility index (Phi) is 5.72. The van der Waals surface area contributed by atoms with Gasteiger partial charge in [-0.05, 0) is 42.3 Å². The number of anilines is 1. The van der Waals surface area contributed by atoms with Crippen LogP contribution in [0.15, 0.2) is 66.7 Å². The number of rotatable bonds is 5. The van der Waals surface area contributed by atoms with Crippen LogP contribution >= 0.6 is 11.6 Å². The van der Waals surface area contributed by atoms with Crippen molar-refractivity contribution in [3.05, 3.63) is 83.4 Å². The largest absolute Gasteiger partial charge is 0.479 e. The molecule has 0 saturated heterocycles. The van der Waals surface area contributed by atoms with Gasteiger partial charge in [-0.2, -0.15) is 0 Å². The molecule has 0 saturated carbocycles. The van der Waals surface area contributed by atoms with E-state index in [2.05, 4.69) is 5.32 Å². The van der Waals surface area contributed by atoms with Gasteiger partial charge in [0, 0.05) is 0 Å². The molecule has 0 spiro atoms. The first kappa shape index (κ1) is 18.9. The molecule has 138 valence electrons. The van der Waals surface area contributed by atoms with Crippen LogP contribution < -0.4 is 10.1 Å². The fourth-order valence-corrected chi connectivity index (χ4v) is 2.72. The van der Waals surface area contributed by atoms with Crippen LogP contribution in [0.1, 0.15) is 6.92 Å². The molecule has 3 rings (SSSR count). The van der Waals surface area contributed by atoms with Crippen molar-refractivity contribution in [2.75, 3.05) is 5.32 Å². The van der Waals surface area contributed by atoms with Crippen LogP contribution in [0, 0.1) is 11.6 Å². The average molecular weight is 388 g/mol. The molecule has 0 aliphatic rings. The zero-order chi connectivity index (χ0) is 19.4. The van der Waals surface area contributed by atoms with Crippen LogP contribution in [0.25, 0.3) is 11.1 Å². The molecule has 6 heteroatoms. The lowest BCUT2D eigenvalue weighted by molar-refractivity contribution is -0.122. The maximum absolute atomic E-state index is 13.7. The van der Waals surface area contributed by atoms with Crippen LogP contribution in [0.4, 0.5) is 14.5 Å². The van der Waals surface area contributed by atoms with Crippen LogP contribution in [0.2, 0.25) is 5.02 Å². The molecule has 1 atom stereocenters. The molecule has 0 unspecified atom stereocenters. The zero-order valence-electron chi connectivity index (χ0n) is 14.4. The zero-order valence-corrected chi connectivity index (χ0v) is 15.1. The highest BCUT2D eigenvalue weighted by molar-refractivity contribution is 6.32. The van der Waals surface area contributed by atoms with E-state index in [0.717, 1.165) is 23.3 Å². The Hall–Kier alpha value is -2.92. The normalized spacial score (nSPS) is 11.7. The van der Waals surface area contributed by atoms with Gasteiger partial charge in [0.2, 0.25) is 0 Å². The Bertz CT molecular complexity index is 943. The Morgan fingerprint density at radius 1 is 0.963 bits per heavy atom. The second kappa shape index (κ2) is 8.18. The van der Waals surface area contributed by atoms with E-state index in [-0.39, 0.29) is 0 Å². The average Bonchev–Trinajstić information content (AvgIpc) is 2.67. The van der Waals surface area contributed by atoms with Gasteiger partial charge in [-0.25, -0.2) is 8.78 Å². The minimum Gasteiger partial charge on any atom is -0.479 e. The Morgan fingerprint density at radius 3 is 2.26 bits per heavy atom. The smallest absolute Gasteiger partial charge is 0.265 e. The third kappa shape index (κ3) is 4.44. The Morgan fingerprint density at radius 2 is 1.63 bits per heavy atom. The first-order valence-electron chi connectivity index (χ1n) is 8.22. The molecule has 1 N–H and O–H groups in total. The fraction of sp³-hybridized carbons (Fsp3) is 0.0952. The summed E-state index contributed by atoms with van der Waals surface area (Å²) in [6, 6.07) is 18.2. The van der Waals surface area contributed by atoms with Crippen molar-refractivity contribution in [1.82, 2.24) is 0 Å². The molecule has 0 fully saturated rings. The summed E-state index contributed by atoms with van der Waals surface area (Å²) in [5.74, 6) is -2.11. The summed E-state index contributed by atoms with van der Waals surface area (Å²) in [5, 5.41) is 2.53. The number of carbonyl (C=O) groups is 1. The molecule has 3 aromatic carbocycles. The number of para-hydroxylation sites is 1. The summed E-state index contributed by atoms with van der Waals surface area (Å²) in [6.45, 7) is 1.47. The summed E-state index contributed by atoms with van der Waals surface area (Å²) in [4.78, 5) is 12.2. The first-order valence-corrected chi connectivity index (χ1v) is 8.60.